The maximum Gasteiger partial charge on any atom is 0.344 e. The van der Waals surface area contributed by atoms with E-state index in [0.29, 0.717) is 33.9 Å². The Morgan fingerprint density at radius 1 is 0.613 bits per heavy atom. The molecule has 0 aliphatic rings. The summed E-state index contributed by atoms with van der Waals surface area (Å²) in [6.45, 7) is 1.94. The lowest BCUT2D eigenvalue weighted by Gasteiger charge is -2.28. The van der Waals surface area contributed by atoms with Crippen LogP contribution in [0.5, 0.6) is 34.5 Å². The van der Waals surface area contributed by atoms with Crippen molar-refractivity contribution in [1.29, 1.82) is 0 Å². The molecule has 14 nitrogen and oxygen atoms in total. The summed E-state index contributed by atoms with van der Waals surface area (Å²) in [4.78, 5) is 60.6. The van der Waals surface area contributed by atoms with Crippen LogP contribution in [0, 0.1) is 12.5 Å². The molecule has 14 heteroatoms. The quantitative estimate of drug-likeness (QED) is 0.0199. The number of hydrogen-bond acceptors (Lipinski definition) is 12. The highest BCUT2D eigenvalue weighted by atomic mass is 17.2. The average Bonchev–Trinajstić information content (AvgIpc) is 3.29. The van der Waals surface area contributed by atoms with Crippen LogP contribution in [0.1, 0.15) is 54.7 Å². The Kier molecular flexibility index (Phi) is 15.6. The second kappa shape index (κ2) is 21.6. The van der Waals surface area contributed by atoms with Crippen molar-refractivity contribution in [2.75, 3.05) is 20.3 Å². The van der Waals surface area contributed by atoms with Gasteiger partial charge in [-0.25, -0.2) is 14.4 Å². The van der Waals surface area contributed by atoms with Gasteiger partial charge in [0.05, 0.1) is 23.8 Å². The molecule has 0 aliphatic carbocycles. The molecule has 0 radical (unpaired) electrons. The average molecular weight is 841 g/mol. The molecule has 0 saturated heterocycles. The number of hydrogen-bond donors (Lipinski definition) is 3. The van der Waals surface area contributed by atoms with Crippen molar-refractivity contribution >= 4 is 23.9 Å². The van der Waals surface area contributed by atoms with Crippen LogP contribution < -0.4 is 23.8 Å². The van der Waals surface area contributed by atoms with Crippen LogP contribution in [0.4, 0.5) is 0 Å². The second-order valence-electron chi connectivity index (χ2n) is 13.1. The minimum atomic E-state index is -1.38. The Morgan fingerprint density at radius 3 is 1.69 bits per heavy atom. The van der Waals surface area contributed by atoms with Gasteiger partial charge in [-0.3, -0.25) is 4.79 Å². The number of carboxylic acids is 2. The van der Waals surface area contributed by atoms with Gasteiger partial charge in [0.15, 0.2) is 5.75 Å². The Hall–Kier alpha value is -8.28. The van der Waals surface area contributed by atoms with Crippen LogP contribution in [0.3, 0.4) is 0 Å². The molecular weight excluding hydrogens is 801 g/mol. The molecule has 6 rings (SSSR count). The number of esters is 2. The molecule has 6 aromatic rings. The number of para-hydroxylation sites is 2. The van der Waals surface area contributed by atoms with Crippen molar-refractivity contribution in [3.05, 3.63) is 179 Å². The fourth-order valence-corrected chi connectivity index (χ4v) is 5.87. The predicted octanol–water partition coefficient (Wildman–Crippen LogP) is 8.11. The third-order valence-corrected chi connectivity index (χ3v) is 9.09. The maximum atomic E-state index is 13.2. The van der Waals surface area contributed by atoms with Crippen LogP contribution in [0.2, 0.25) is 0 Å². The van der Waals surface area contributed by atoms with E-state index in [4.69, 9.17) is 45.0 Å². The van der Waals surface area contributed by atoms with Crippen LogP contribution >= 0.6 is 0 Å². The topological polar surface area (TPSA) is 194 Å². The fourth-order valence-electron chi connectivity index (χ4n) is 5.87. The van der Waals surface area contributed by atoms with Crippen molar-refractivity contribution in [1.82, 2.24) is 0 Å². The third kappa shape index (κ3) is 11.9. The first-order valence-corrected chi connectivity index (χ1v) is 18.6. The molecule has 0 fully saturated rings. The normalized spacial score (nSPS) is 11.2. The highest BCUT2D eigenvalue weighted by Crippen LogP contribution is 2.35. The summed E-state index contributed by atoms with van der Waals surface area (Å²) in [6, 6.07) is 38.7. The lowest BCUT2D eigenvalue weighted by molar-refractivity contribution is -0.217. The number of aromatic hydroxyl groups is 1. The minimum Gasteiger partial charge on any atom is -0.508 e. The zero-order chi connectivity index (χ0) is 44.5. The summed E-state index contributed by atoms with van der Waals surface area (Å²) in [5, 5.41) is 28.0. The van der Waals surface area contributed by atoms with E-state index < -0.39 is 29.3 Å². The number of ether oxygens (including phenoxy) is 5. The van der Waals surface area contributed by atoms with E-state index in [1.807, 2.05) is 42.5 Å². The Balaban J connectivity index is 0.000000941. The minimum absolute atomic E-state index is 0.0232. The van der Waals surface area contributed by atoms with E-state index in [1.165, 1.54) is 37.4 Å². The molecule has 0 bridgehead atoms. The molecular formula is C48H40O14. The Labute approximate surface area is 356 Å². The number of phenols is 1. The molecule has 3 N–H and O–H groups in total. The van der Waals surface area contributed by atoms with Gasteiger partial charge in [-0.2, -0.15) is 4.89 Å². The zero-order valence-corrected chi connectivity index (χ0v) is 33.4. The maximum absolute atomic E-state index is 13.2. The molecule has 1 unspecified atom stereocenters. The molecule has 0 aromatic heterocycles. The summed E-state index contributed by atoms with van der Waals surface area (Å²) >= 11 is 0. The predicted molar refractivity (Wildman–Crippen MR) is 224 cm³/mol. The molecule has 6 aromatic carbocycles. The van der Waals surface area contributed by atoms with Gasteiger partial charge in [-0.15, -0.1) is 0 Å². The second-order valence-corrected chi connectivity index (χ2v) is 13.1. The molecule has 1 atom stereocenters. The van der Waals surface area contributed by atoms with Gasteiger partial charge < -0.3 is 43.9 Å². The summed E-state index contributed by atoms with van der Waals surface area (Å²) in [5.74, 6) is -2.27. The number of carboxylic acid groups (broad SMARTS) is 2. The Morgan fingerprint density at radius 2 is 1.15 bits per heavy atom. The van der Waals surface area contributed by atoms with Crippen molar-refractivity contribution < 1.29 is 68.0 Å². The van der Waals surface area contributed by atoms with Gasteiger partial charge in [-0.1, -0.05) is 73.2 Å². The monoisotopic (exact) mass is 840 g/mol. The summed E-state index contributed by atoms with van der Waals surface area (Å²) in [5.41, 5.74) is -0.578. The number of carbonyl (C=O) groups excluding carboxylic acids is 2. The largest absolute Gasteiger partial charge is 0.508 e. The van der Waals surface area contributed by atoms with Gasteiger partial charge in [0, 0.05) is 0 Å². The number of terminal acetylenes is 1. The lowest BCUT2D eigenvalue weighted by Crippen LogP contribution is -2.35. The van der Waals surface area contributed by atoms with E-state index >= 15 is 0 Å². The number of benzene rings is 6. The molecule has 0 aliphatic heterocycles. The summed E-state index contributed by atoms with van der Waals surface area (Å²) in [7, 11) is 1.26. The van der Waals surface area contributed by atoms with Crippen LogP contribution in [-0.2, 0) is 26.4 Å². The molecule has 62 heavy (non-hydrogen) atoms. The van der Waals surface area contributed by atoms with Crippen molar-refractivity contribution in [2.24, 2.45) is 0 Å². The van der Waals surface area contributed by atoms with Crippen molar-refractivity contribution in [3.63, 3.8) is 0 Å². The smallest absolute Gasteiger partial charge is 0.344 e. The number of aromatic carboxylic acids is 2. The molecule has 0 saturated carbocycles. The van der Waals surface area contributed by atoms with Crippen LogP contribution in [-0.4, -0.2) is 59.5 Å². The molecule has 316 valence electrons. The van der Waals surface area contributed by atoms with Gasteiger partial charge in [0.2, 0.25) is 0 Å². The number of rotatable bonds is 17. The summed E-state index contributed by atoms with van der Waals surface area (Å²) in [6.07, 6.45) is 7.04. The SMILES string of the molecule is C#COc1ccc(C(=O)Oc2ccc(C(C)(C(=O)OC)c3ccc(OOCc4ccc(OCCOc5ccccc5)cc4C(=O)O)cc3)cc2)c(C(=O)O)c1.Oc1ccccc1. The first kappa shape index (κ1) is 44.8. The summed E-state index contributed by atoms with van der Waals surface area (Å²) < 4.78 is 26.7. The highest BCUT2D eigenvalue weighted by Gasteiger charge is 2.38. The van der Waals surface area contributed by atoms with Gasteiger partial charge in [0.1, 0.15) is 60.1 Å². The zero-order valence-electron chi connectivity index (χ0n) is 33.4. The van der Waals surface area contributed by atoms with E-state index in [0.717, 1.165) is 6.07 Å². The standard InChI is InChI=1S/C42H34O13.C6H6O/c1-4-50-33-20-21-35(37(25-33)39(45)46)40(47)54-31-16-11-28(12-17-31)42(2,41(48)49-3)29-13-18-32(19-14-29)55-53-26-27-10-15-34(24-36(27)38(43)44)52-23-22-51-30-8-6-5-7-9-30;7-6-4-2-1-3-5-6/h1,5-21,24-25H,22-23,26H2,2-3H3,(H,43,44)(H,45,46);1-5,7H. The van der Waals surface area contributed by atoms with Gasteiger partial charge in [-0.05, 0) is 102 Å². The highest BCUT2D eigenvalue weighted by molar-refractivity contribution is 6.03. The molecule has 0 heterocycles. The van der Waals surface area contributed by atoms with E-state index in [1.54, 1.807) is 79.7 Å². The van der Waals surface area contributed by atoms with E-state index in [9.17, 15) is 29.4 Å². The van der Waals surface area contributed by atoms with Gasteiger partial charge in [0.25, 0.3) is 0 Å². The molecule has 0 amide bonds. The van der Waals surface area contributed by atoms with E-state index in [2.05, 4.69) is 0 Å². The fraction of sp³-hybridized carbons (Fsp3) is 0.125. The van der Waals surface area contributed by atoms with E-state index in [-0.39, 0.29) is 53.8 Å². The van der Waals surface area contributed by atoms with Gasteiger partial charge >= 0.3 is 23.9 Å². The van der Waals surface area contributed by atoms with Crippen LogP contribution in [0.25, 0.3) is 0 Å². The number of carbonyl (C=O) groups is 4. The number of phenolic OH excluding ortho intramolecular Hbond substituents is 1. The van der Waals surface area contributed by atoms with Crippen molar-refractivity contribution in [2.45, 2.75) is 18.9 Å². The third-order valence-electron chi connectivity index (χ3n) is 9.09. The van der Waals surface area contributed by atoms with Crippen molar-refractivity contribution in [3.8, 4) is 47.0 Å². The first-order valence-electron chi connectivity index (χ1n) is 18.6. The Bertz CT molecular complexity index is 2500. The molecule has 0 spiro atoms. The van der Waals surface area contributed by atoms with Crippen LogP contribution in [0.15, 0.2) is 146 Å². The number of methoxy groups -OCH3 is 1. The first-order chi connectivity index (χ1) is 29.9. The lowest BCUT2D eigenvalue weighted by atomic mass is 9.76.